The average Bonchev–Trinajstić information content (AvgIpc) is 2.72. The van der Waals surface area contributed by atoms with E-state index in [1.165, 1.54) is 12.1 Å². The average molecular weight is 314 g/mol. The van der Waals surface area contributed by atoms with E-state index in [4.69, 9.17) is 4.52 Å². The lowest BCUT2D eigenvalue weighted by molar-refractivity contribution is 0.384. The predicted molar refractivity (Wildman–Crippen MR) is 68.4 cm³/mol. The standard InChI is InChI=1S/C12H13BrFN3O/c1-7(10-4-3-9(14)5-11(10)13)15-6-12-16-8(2)18-17-12/h3-5,7,15H,6H2,1-2H3. The first-order valence-corrected chi connectivity index (χ1v) is 6.33. The van der Waals surface area contributed by atoms with Crippen molar-refractivity contribution in [3.63, 3.8) is 0 Å². The molecule has 0 radical (unpaired) electrons. The fourth-order valence-electron chi connectivity index (χ4n) is 1.62. The van der Waals surface area contributed by atoms with Crippen LogP contribution < -0.4 is 5.32 Å². The van der Waals surface area contributed by atoms with Gasteiger partial charge in [0.25, 0.3) is 0 Å². The summed E-state index contributed by atoms with van der Waals surface area (Å²) in [4.78, 5) is 4.10. The molecule has 0 fully saturated rings. The van der Waals surface area contributed by atoms with E-state index in [2.05, 4.69) is 31.4 Å². The molecule has 0 aliphatic heterocycles. The van der Waals surface area contributed by atoms with Gasteiger partial charge in [0.2, 0.25) is 5.89 Å². The number of benzene rings is 1. The fraction of sp³-hybridized carbons (Fsp3) is 0.333. The summed E-state index contributed by atoms with van der Waals surface area (Å²) < 4.78 is 18.6. The van der Waals surface area contributed by atoms with E-state index in [0.717, 1.165) is 10.0 Å². The van der Waals surface area contributed by atoms with Crippen molar-refractivity contribution < 1.29 is 8.91 Å². The van der Waals surface area contributed by atoms with E-state index in [1.54, 1.807) is 13.0 Å². The van der Waals surface area contributed by atoms with Crippen molar-refractivity contribution >= 4 is 15.9 Å². The molecule has 1 aromatic heterocycles. The van der Waals surface area contributed by atoms with Gasteiger partial charge in [0.1, 0.15) is 5.82 Å². The molecule has 6 heteroatoms. The molecule has 1 unspecified atom stereocenters. The molecule has 1 N–H and O–H groups in total. The Bertz CT molecular complexity index is 544. The van der Waals surface area contributed by atoms with Gasteiger partial charge in [-0.15, -0.1) is 0 Å². The Morgan fingerprint density at radius 3 is 2.89 bits per heavy atom. The summed E-state index contributed by atoms with van der Waals surface area (Å²) in [5.74, 6) is 0.895. The first-order chi connectivity index (χ1) is 8.56. The number of nitrogens with one attached hydrogen (secondary N) is 1. The molecule has 2 aromatic rings. The van der Waals surface area contributed by atoms with Gasteiger partial charge in [0, 0.05) is 17.4 Å². The van der Waals surface area contributed by atoms with Gasteiger partial charge < -0.3 is 9.84 Å². The van der Waals surface area contributed by atoms with Gasteiger partial charge in [-0.1, -0.05) is 27.2 Å². The van der Waals surface area contributed by atoms with Gasteiger partial charge in [0.05, 0.1) is 6.54 Å². The quantitative estimate of drug-likeness (QED) is 0.942. The highest BCUT2D eigenvalue weighted by Gasteiger charge is 2.11. The largest absolute Gasteiger partial charge is 0.340 e. The van der Waals surface area contributed by atoms with Crippen molar-refractivity contribution in [3.05, 3.63) is 45.8 Å². The summed E-state index contributed by atoms with van der Waals surface area (Å²) in [7, 11) is 0. The molecule has 0 bridgehead atoms. The molecule has 0 amide bonds. The Morgan fingerprint density at radius 2 is 2.28 bits per heavy atom. The highest BCUT2D eigenvalue weighted by atomic mass is 79.9. The van der Waals surface area contributed by atoms with Crippen LogP contribution >= 0.6 is 15.9 Å². The summed E-state index contributed by atoms with van der Waals surface area (Å²) in [6, 6.07) is 4.69. The van der Waals surface area contributed by atoms with Gasteiger partial charge in [-0.3, -0.25) is 0 Å². The molecule has 0 aliphatic carbocycles. The second-order valence-corrected chi connectivity index (χ2v) is 4.85. The lowest BCUT2D eigenvalue weighted by Gasteiger charge is -2.14. The van der Waals surface area contributed by atoms with Crippen molar-refractivity contribution in [2.75, 3.05) is 0 Å². The Morgan fingerprint density at radius 1 is 1.50 bits per heavy atom. The van der Waals surface area contributed by atoms with Crippen LogP contribution in [0.1, 0.15) is 30.2 Å². The molecular weight excluding hydrogens is 301 g/mol. The maximum absolute atomic E-state index is 13.0. The first-order valence-electron chi connectivity index (χ1n) is 5.54. The normalized spacial score (nSPS) is 12.7. The molecule has 4 nitrogen and oxygen atoms in total. The third-order valence-electron chi connectivity index (χ3n) is 2.56. The molecule has 2 rings (SSSR count). The minimum Gasteiger partial charge on any atom is -0.340 e. The minimum absolute atomic E-state index is 0.0544. The number of aryl methyl sites for hydroxylation is 1. The molecule has 1 atom stereocenters. The third-order valence-corrected chi connectivity index (χ3v) is 3.25. The highest BCUT2D eigenvalue weighted by Crippen LogP contribution is 2.24. The zero-order valence-corrected chi connectivity index (χ0v) is 11.7. The molecule has 0 aliphatic rings. The predicted octanol–water partition coefficient (Wildman–Crippen LogP) is 3.13. The number of hydrogen-bond acceptors (Lipinski definition) is 4. The molecule has 1 heterocycles. The first kappa shape index (κ1) is 13.2. The number of hydrogen-bond donors (Lipinski definition) is 1. The van der Waals surface area contributed by atoms with Gasteiger partial charge in [-0.2, -0.15) is 4.98 Å². The van der Waals surface area contributed by atoms with E-state index in [1.807, 2.05) is 6.92 Å². The van der Waals surface area contributed by atoms with E-state index in [9.17, 15) is 4.39 Å². The van der Waals surface area contributed by atoms with Crippen LogP contribution in [0.15, 0.2) is 27.2 Å². The van der Waals surface area contributed by atoms with Gasteiger partial charge in [0.15, 0.2) is 5.82 Å². The lowest BCUT2D eigenvalue weighted by atomic mass is 10.1. The topological polar surface area (TPSA) is 51.0 Å². The van der Waals surface area contributed by atoms with E-state index >= 15 is 0 Å². The Labute approximate surface area is 113 Å². The van der Waals surface area contributed by atoms with Crippen molar-refractivity contribution in [3.8, 4) is 0 Å². The molecule has 18 heavy (non-hydrogen) atoms. The van der Waals surface area contributed by atoms with Crippen LogP contribution in [0.3, 0.4) is 0 Å². The summed E-state index contributed by atoms with van der Waals surface area (Å²) in [5, 5.41) is 7.05. The molecule has 1 aromatic carbocycles. The highest BCUT2D eigenvalue weighted by molar-refractivity contribution is 9.10. The number of halogens is 2. The molecule has 96 valence electrons. The van der Waals surface area contributed by atoms with Gasteiger partial charge in [-0.25, -0.2) is 4.39 Å². The smallest absolute Gasteiger partial charge is 0.223 e. The van der Waals surface area contributed by atoms with E-state index in [0.29, 0.717) is 18.3 Å². The number of rotatable bonds is 4. The molecule has 0 spiro atoms. The lowest BCUT2D eigenvalue weighted by Crippen LogP contribution is -2.19. The van der Waals surface area contributed by atoms with Crippen LogP contribution in [0.4, 0.5) is 4.39 Å². The zero-order chi connectivity index (χ0) is 13.1. The maximum atomic E-state index is 13.0. The summed E-state index contributed by atoms with van der Waals surface area (Å²) in [6.07, 6.45) is 0. The van der Waals surface area contributed by atoms with E-state index < -0.39 is 0 Å². The van der Waals surface area contributed by atoms with Crippen LogP contribution in [0.5, 0.6) is 0 Å². The molecular formula is C12H13BrFN3O. The Balaban J connectivity index is 2.01. The minimum atomic E-state index is -0.258. The Kier molecular flexibility index (Phi) is 4.08. The van der Waals surface area contributed by atoms with Gasteiger partial charge >= 0.3 is 0 Å². The second-order valence-electron chi connectivity index (χ2n) is 4.00. The van der Waals surface area contributed by atoms with Crippen LogP contribution in [0, 0.1) is 12.7 Å². The van der Waals surface area contributed by atoms with Crippen LogP contribution in [0.2, 0.25) is 0 Å². The molecule has 0 saturated carbocycles. The maximum Gasteiger partial charge on any atom is 0.223 e. The van der Waals surface area contributed by atoms with Crippen molar-refractivity contribution in [2.45, 2.75) is 26.4 Å². The molecule has 0 saturated heterocycles. The monoisotopic (exact) mass is 313 g/mol. The van der Waals surface area contributed by atoms with Crippen molar-refractivity contribution in [2.24, 2.45) is 0 Å². The zero-order valence-electron chi connectivity index (χ0n) is 10.1. The summed E-state index contributed by atoms with van der Waals surface area (Å²) in [5.41, 5.74) is 0.983. The number of nitrogens with zero attached hydrogens (tertiary/aromatic N) is 2. The van der Waals surface area contributed by atoms with E-state index in [-0.39, 0.29) is 11.9 Å². The van der Waals surface area contributed by atoms with Gasteiger partial charge in [-0.05, 0) is 24.6 Å². The number of aromatic nitrogens is 2. The van der Waals surface area contributed by atoms with Crippen LogP contribution in [-0.4, -0.2) is 10.1 Å². The van der Waals surface area contributed by atoms with Crippen LogP contribution in [0.25, 0.3) is 0 Å². The fourth-order valence-corrected chi connectivity index (χ4v) is 2.31. The SMILES string of the molecule is Cc1nc(CNC(C)c2ccc(F)cc2Br)no1. The third kappa shape index (κ3) is 3.14. The summed E-state index contributed by atoms with van der Waals surface area (Å²) >= 11 is 3.35. The Hall–Kier alpha value is -1.27. The second kappa shape index (κ2) is 5.58. The van der Waals surface area contributed by atoms with Crippen LogP contribution in [-0.2, 0) is 6.54 Å². The summed E-state index contributed by atoms with van der Waals surface area (Å²) in [6.45, 7) is 4.24. The van der Waals surface area contributed by atoms with Crippen molar-refractivity contribution in [1.29, 1.82) is 0 Å². The van der Waals surface area contributed by atoms with Crippen molar-refractivity contribution in [1.82, 2.24) is 15.5 Å².